The second-order valence-corrected chi connectivity index (χ2v) is 3.56. The van der Waals surface area contributed by atoms with Crippen LogP contribution in [-0.4, -0.2) is 15.1 Å². The first-order valence-corrected chi connectivity index (χ1v) is 4.91. The number of H-pyrrole nitrogens is 1. The summed E-state index contributed by atoms with van der Waals surface area (Å²) in [6, 6.07) is 6.39. The van der Waals surface area contributed by atoms with Gasteiger partial charge in [0.25, 0.3) is 5.69 Å². The Morgan fingerprint density at radius 1 is 1.35 bits per heavy atom. The van der Waals surface area contributed by atoms with Crippen LogP contribution in [0.1, 0.15) is 0 Å². The van der Waals surface area contributed by atoms with Gasteiger partial charge in [0.15, 0.2) is 0 Å². The molecule has 3 aromatic rings. The summed E-state index contributed by atoms with van der Waals surface area (Å²) in [6.07, 6.45) is 3.09. The number of nitrogens with zero attached hydrogens (tertiary/aromatic N) is 2. The lowest BCUT2D eigenvalue weighted by Gasteiger charge is -1.99. The average molecular weight is 229 g/mol. The van der Waals surface area contributed by atoms with Crippen LogP contribution in [0.3, 0.4) is 0 Å². The summed E-state index contributed by atoms with van der Waals surface area (Å²) in [7, 11) is 0. The first-order chi connectivity index (χ1) is 8.25. The van der Waals surface area contributed by atoms with E-state index in [0.29, 0.717) is 22.2 Å². The quantitative estimate of drug-likeness (QED) is 0.540. The van der Waals surface area contributed by atoms with Gasteiger partial charge in [0.05, 0.1) is 16.9 Å². The zero-order valence-electron chi connectivity index (χ0n) is 8.58. The number of benzene rings is 1. The lowest BCUT2D eigenvalue weighted by atomic mass is 10.1. The predicted molar refractivity (Wildman–Crippen MR) is 60.5 cm³/mol. The van der Waals surface area contributed by atoms with E-state index in [0.717, 1.165) is 0 Å². The molecule has 0 spiro atoms. The van der Waals surface area contributed by atoms with Crippen LogP contribution in [0.15, 0.2) is 41.1 Å². The number of nitrogens with one attached hydrogen (secondary N) is 1. The summed E-state index contributed by atoms with van der Waals surface area (Å²) in [5.74, 6) is 0. The molecule has 0 aliphatic heterocycles. The van der Waals surface area contributed by atoms with Gasteiger partial charge >= 0.3 is 0 Å². The molecule has 6 nitrogen and oxygen atoms in total. The second kappa shape index (κ2) is 3.44. The number of non-ortho nitro benzene ring substituents is 1. The van der Waals surface area contributed by atoms with Crippen LogP contribution >= 0.6 is 0 Å². The lowest BCUT2D eigenvalue weighted by Crippen LogP contribution is -1.89. The average Bonchev–Trinajstić information content (AvgIpc) is 2.98. The van der Waals surface area contributed by atoms with Gasteiger partial charge in [-0.2, -0.15) is 5.10 Å². The van der Waals surface area contributed by atoms with Crippen molar-refractivity contribution in [2.75, 3.05) is 0 Å². The Labute approximate surface area is 95.0 Å². The number of hydrogen-bond acceptors (Lipinski definition) is 4. The van der Waals surface area contributed by atoms with Gasteiger partial charge in [-0.25, -0.2) is 0 Å². The van der Waals surface area contributed by atoms with Gasteiger partial charge in [0, 0.05) is 29.3 Å². The fourth-order valence-corrected chi connectivity index (χ4v) is 1.78. The molecule has 0 fully saturated rings. The molecule has 0 atom stereocenters. The highest BCUT2D eigenvalue weighted by atomic mass is 16.6. The van der Waals surface area contributed by atoms with Crippen molar-refractivity contribution in [3.8, 4) is 11.3 Å². The number of aromatic amines is 1. The number of nitro benzene ring substituents is 1. The first kappa shape index (κ1) is 9.59. The van der Waals surface area contributed by atoms with Gasteiger partial charge in [-0.1, -0.05) is 0 Å². The minimum Gasteiger partial charge on any atom is -0.464 e. The molecule has 1 N–H and O–H groups in total. The third-order valence-corrected chi connectivity index (χ3v) is 2.54. The maximum absolute atomic E-state index is 10.8. The Balaban J connectivity index is 2.35. The Bertz CT molecular complexity index is 685. The largest absolute Gasteiger partial charge is 0.464 e. The highest BCUT2D eigenvalue weighted by Gasteiger charge is 2.15. The molecule has 0 aliphatic rings. The maximum atomic E-state index is 10.8. The molecule has 17 heavy (non-hydrogen) atoms. The monoisotopic (exact) mass is 229 g/mol. The molecule has 0 saturated carbocycles. The number of fused-ring (bicyclic) bond motifs is 1. The Morgan fingerprint density at radius 3 is 2.94 bits per heavy atom. The molecule has 0 bridgehead atoms. The lowest BCUT2D eigenvalue weighted by molar-refractivity contribution is -0.384. The van der Waals surface area contributed by atoms with E-state index in [1.807, 2.05) is 0 Å². The minimum atomic E-state index is -0.424. The SMILES string of the molecule is O=[N+]([O-])c1cc(-c2ccn[nH]2)c2occc2c1. The Morgan fingerprint density at radius 2 is 2.24 bits per heavy atom. The highest BCUT2D eigenvalue weighted by molar-refractivity contribution is 5.93. The molecular formula is C11H7N3O3. The van der Waals surface area contributed by atoms with Crippen molar-refractivity contribution in [1.29, 1.82) is 0 Å². The normalized spacial score (nSPS) is 10.8. The van der Waals surface area contributed by atoms with Crippen LogP contribution in [0.2, 0.25) is 0 Å². The van der Waals surface area contributed by atoms with Crippen LogP contribution in [0.5, 0.6) is 0 Å². The number of nitro groups is 1. The van der Waals surface area contributed by atoms with Gasteiger partial charge in [0.1, 0.15) is 5.58 Å². The van der Waals surface area contributed by atoms with Gasteiger partial charge in [-0.15, -0.1) is 0 Å². The highest BCUT2D eigenvalue weighted by Crippen LogP contribution is 2.32. The van der Waals surface area contributed by atoms with Crippen molar-refractivity contribution in [2.24, 2.45) is 0 Å². The number of furan rings is 1. The number of aromatic nitrogens is 2. The molecule has 0 unspecified atom stereocenters. The van der Waals surface area contributed by atoms with Crippen molar-refractivity contribution in [3.63, 3.8) is 0 Å². The van der Waals surface area contributed by atoms with Gasteiger partial charge in [-0.05, 0) is 12.1 Å². The Kier molecular flexibility index (Phi) is 1.94. The molecule has 3 rings (SSSR count). The number of hydrogen-bond donors (Lipinski definition) is 1. The molecule has 1 aromatic carbocycles. The summed E-state index contributed by atoms with van der Waals surface area (Å²) in [5.41, 5.74) is 1.97. The van der Waals surface area contributed by atoms with E-state index < -0.39 is 4.92 Å². The van der Waals surface area contributed by atoms with Gasteiger partial charge in [0.2, 0.25) is 0 Å². The van der Waals surface area contributed by atoms with E-state index in [2.05, 4.69) is 10.2 Å². The molecule has 6 heteroatoms. The van der Waals surface area contributed by atoms with Crippen LogP contribution in [0.4, 0.5) is 5.69 Å². The summed E-state index contributed by atoms with van der Waals surface area (Å²) in [4.78, 5) is 10.4. The van der Waals surface area contributed by atoms with Crippen LogP contribution in [-0.2, 0) is 0 Å². The van der Waals surface area contributed by atoms with E-state index in [9.17, 15) is 10.1 Å². The van der Waals surface area contributed by atoms with Crippen molar-refractivity contribution in [2.45, 2.75) is 0 Å². The van der Waals surface area contributed by atoms with Crippen molar-refractivity contribution < 1.29 is 9.34 Å². The van der Waals surface area contributed by atoms with Crippen molar-refractivity contribution >= 4 is 16.7 Å². The molecule has 2 heterocycles. The second-order valence-electron chi connectivity index (χ2n) is 3.56. The fraction of sp³-hybridized carbons (Fsp3) is 0. The van der Waals surface area contributed by atoms with Crippen molar-refractivity contribution in [1.82, 2.24) is 10.2 Å². The van der Waals surface area contributed by atoms with Crippen LogP contribution in [0, 0.1) is 10.1 Å². The van der Waals surface area contributed by atoms with E-state index in [-0.39, 0.29) is 5.69 Å². The van der Waals surface area contributed by atoms with E-state index >= 15 is 0 Å². The molecule has 0 amide bonds. The topological polar surface area (TPSA) is 85.0 Å². The van der Waals surface area contributed by atoms with Crippen molar-refractivity contribution in [3.05, 3.63) is 46.8 Å². The smallest absolute Gasteiger partial charge is 0.270 e. The van der Waals surface area contributed by atoms with Gasteiger partial charge in [-0.3, -0.25) is 15.2 Å². The standard InChI is InChI=1S/C11H7N3O3/c15-14(16)8-5-7-2-4-17-11(7)9(6-8)10-1-3-12-13-10/h1-6H,(H,12,13). The van der Waals surface area contributed by atoms with Crippen LogP contribution in [0.25, 0.3) is 22.2 Å². The summed E-state index contributed by atoms with van der Waals surface area (Å²) < 4.78 is 5.34. The minimum absolute atomic E-state index is 0.0310. The molecule has 84 valence electrons. The van der Waals surface area contributed by atoms with E-state index in [4.69, 9.17) is 4.42 Å². The van der Waals surface area contributed by atoms with Gasteiger partial charge < -0.3 is 4.42 Å². The van der Waals surface area contributed by atoms with E-state index in [1.54, 1.807) is 18.3 Å². The zero-order valence-corrected chi connectivity index (χ0v) is 8.58. The zero-order chi connectivity index (χ0) is 11.8. The summed E-state index contributed by atoms with van der Waals surface area (Å²) in [5, 5.41) is 18.1. The first-order valence-electron chi connectivity index (χ1n) is 4.91. The van der Waals surface area contributed by atoms with Crippen LogP contribution < -0.4 is 0 Å². The Hall–Kier alpha value is -2.63. The van der Waals surface area contributed by atoms with E-state index in [1.165, 1.54) is 18.4 Å². The summed E-state index contributed by atoms with van der Waals surface area (Å²) >= 11 is 0. The third-order valence-electron chi connectivity index (χ3n) is 2.54. The molecule has 0 aliphatic carbocycles. The summed E-state index contributed by atoms with van der Waals surface area (Å²) in [6.45, 7) is 0. The molecule has 2 aromatic heterocycles. The maximum Gasteiger partial charge on any atom is 0.270 e. The third kappa shape index (κ3) is 1.46. The fourth-order valence-electron chi connectivity index (χ4n) is 1.78. The molecular weight excluding hydrogens is 222 g/mol. The predicted octanol–water partition coefficient (Wildman–Crippen LogP) is 2.73. The molecule has 0 radical (unpaired) electrons. The molecule has 0 saturated heterocycles. The number of rotatable bonds is 2.